The molecule has 0 fully saturated rings. The van der Waals surface area contributed by atoms with Crippen LogP contribution in [-0.4, -0.2) is 18.8 Å². The Kier molecular flexibility index (Phi) is 4.23. The maximum atomic E-state index is 12.3. The molecule has 1 atom stereocenters. The van der Waals surface area contributed by atoms with Crippen molar-refractivity contribution in [2.24, 2.45) is 5.92 Å². The Labute approximate surface area is 81.5 Å². The van der Waals surface area contributed by atoms with Gasteiger partial charge in [0, 0.05) is 0 Å². The van der Waals surface area contributed by atoms with E-state index in [4.69, 9.17) is 0 Å². The van der Waals surface area contributed by atoms with Crippen LogP contribution in [0.4, 0.5) is 43.9 Å². The summed E-state index contributed by atoms with van der Waals surface area (Å²) < 4.78 is 117. The van der Waals surface area contributed by atoms with Gasteiger partial charge in [0.2, 0.25) is 5.83 Å². The Morgan fingerprint density at radius 1 is 0.812 bits per heavy atom. The lowest BCUT2D eigenvalue weighted by molar-refractivity contribution is -0.201. The van der Waals surface area contributed by atoms with Gasteiger partial charge in [-0.2, -0.15) is 30.7 Å². The second kappa shape index (κ2) is 4.50. The molecular formula is C6H2F10. The number of halogens is 10. The van der Waals surface area contributed by atoms with Crippen molar-refractivity contribution in [2.75, 3.05) is 0 Å². The van der Waals surface area contributed by atoms with Crippen LogP contribution in [0.15, 0.2) is 11.7 Å². The van der Waals surface area contributed by atoms with Gasteiger partial charge in [0.25, 0.3) is 6.43 Å². The van der Waals surface area contributed by atoms with Crippen molar-refractivity contribution in [3.8, 4) is 0 Å². The summed E-state index contributed by atoms with van der Waals surface area (Å²) in [6.45, 7) is 0. The summed E-state index contributed by atoms with van der Waals surface area (Å²) >= 11 is 0. The molecule has 1 unspecified atom stereocenters. The van der Waals surface area contributed by atoms with E-state index in [-0.39, 0.29) is 0 Å². The fourth-order valence-electron chi connectivity index (χ4n) is 0.669. The van der Waals surface area contributed by atoms with Gasteiger partial charge in [-0.05, 0) is 0 Å². The lowest BCUT2D eigenvalue weighted by Gasteiger charge is -2.18. The van der Waals surface area contributed by atoms with Gasteiger partial charge in [-0.15, -0.1) is 0 Å². The van der Waals surface area contributed by atoms with Crippen molar-refractivity contribution in [2.45, 2.75) is 18.8 Å². The third-order valence-electron chi connectivity index (χ3n) is 1.34. The molecule has 0 aliphatic heterocycles. The molecule has 0 nitrogen and oxygen atoms in total. The molecule has 0 amide bonds. The van der Waals surface area contributed by atoms with Crippen molar-refractivity contribution in [3.63, 3.8) is 0 Å². The third-order valence-corrected chi connectivity index (χ3v) is 1.34. The summed E-state index contributed by atoms with van der Waals surface area (Å²) in [5, 5.41) is 0. The average Bonchev–Trinajstić information content (AvgIpc) is 1.97. The molecule has 0 aromatic rings. The van der Waals surface area contributed by atoms with Crippen molar-refractivity contribution in [1.82, 2.24) is 0 Å². The first-order chi connectivity index (χ1) is 6.89. The minimum Gasteiger partial charge on any atom is -0.209 e. The van der Waals surface area contributed by atoms with E-state index in [1.54, 1.807) is 0 Å². The van der Waals surface area contributed by atoms with Crippen LogP contribution in [-0.2, 0) is 0 Å². The predicted octanol–water partition coefficient (Wildman–Crippen LogP) is 4.14. The van der Waals surface area contributed by atoms with Gasteiger partial charge >= 0.3 is 12.4 Å². The average molecular weight is 264 g/mol. The molecule has 10 heteroatoms. The normalized spacial score (nSPS) is 17.4. The van der Waals surface area contributed by atoms with E-state index in [0.29, 0.717) is 0 Å². The fourth-order valence-corrected chi connectivity index (χ4v) is 0.669. The maximum absolute atomic E-state index is 12.3. The summed E-state index contributed by atoms with van der Waals surface area (Å²) in [5.41, 5.74) is 0. The molecule has 0 aliphatic rings. The molecule has 0 saturated heterocycles. The molecule has 0 spiro atoms. The first kappa shape index (κ1) is 15.0. The van der Waals surface area contributed by atoms with Gasteiger partial charge in [-0.3, -0.25) is 0 Å². The summed E-state index contributed by atoms with van der Waals surface area (Å²) in [6.07, 6.45) is -16.6. The predicted molar refractivity (Wildman–Crippen MR) is 30.8 cm³/mol. The van der Waals surface area contributed by atoms with E-state index in [0.717, 1.165) is 0 Å². The zero-order chi connectivity index (χ0) is 13.3. The van der Waals surface area contributed by atoms with E-state index in [2.05, 4.69) is 0 Å². The second-order valence-corrected chi connectivity index (χ2v) is 2.51. The Balaban J connectivity index is 5.43. The van der Waals surface area contributed by atoms with Crippen molar-refractivity contribution in [1.29, 1.82) is 0 Å². The van der Waals surface area contributed by atoms with Crippen LogP contribution >= 0.6 is 0 Å². The lowest BCUT2D eigenvalue weighted by Crippen LogP contribution is -2.31. The highest BCUT2D eigenvalue weighted by Gasteiger charge is 2.53. The van der Waals surface area contributed by atoms with E-state index in [1.165, 1.54) is 0 Å². The largest absolute Gasteiger partial charge is 0.445 e. The standard InChI is InChI=1S/C6H2F10/c7-2(3(8)6(14,15)16)1(4(9)10)5(11,12)13/h1,4H. The quantitative estimate of drug-likeness (QED) is 0.657. The zero-order valence-electron chi connectivity index (χ0n) is 6.93. The lowest BCUT2D eigenvalue weighted by atomic mass is 10.1. The molecule has 0 aromatic heterocycles. The zero-order valence-corrected chi connectivity index (χ0v) is 6.93. The number of allylic oxidation sites excluding steroid dienone is 2. The molecule has 0 heterocycles. The summed E-state index contributed by atoms with van der Waals surface area (Å²) in [7, 11) is 0. The van der Waals surface area contributed by atoms with Crippen LogP contribution in [0.5, 0.6) is 0 Å². The number of alkyl halides is 8. The Morgan fingerprint density at radius 2 is 1.19 bits per heavy atom. The molecule has 0 rings (SSSR count). The van der Waals surface area contributed by atoms with Crippen LogP contribution in [0.3, 0.4) is 0 Å². The topological polar surface area (TPSA) is 0 Å². The Hall–Kier alpha value is -0.960. The summed E-state index contributed by atoms with van der Waals surface area (Å²) in [4.78, 5) is 0. The first-order valence-electron chi connectivity index (χ1n) is 3.36. The van der Waals surface area contributed by atoms with Gasteiger partial charge in [-0.25, -0.2) is 13.2 Å². The summed E-state index contributed by atoms with van der Waals surface area (Å²) in [5.74, 6) is -11.8. The Bertz CT molecular complexity index is 268. The minimum absolute atomic E-state index is 3.57. The molecule has 0 aromatic carbocycles. The van der Waals surface area contributed by atoms with Crippen LogP contribution in [0.1, 0.15) is 0 Å². The minimum atomic E-state index is -6.08. The van der Waals surface area contributed by atoms with Crippen molar-refractivity contribution >= 4 is 0 Å². The molecule has 0 N–H and O–H groups in total. The number of hydrogen-bond acceptors (Lipinski definition) is 0. The van der Waals surface area contributed by atoms with E-state index < -0.39 is 36.3 Å². The highest BCUT2D eigenvalue weighted by atomic mass is 19.4. The van der Waals surface area contributed by atoms with E-state index in [9.17, 15) is 43.9 Å². The van der Waals surface area contributed by atoms with Gasteiger partial charge in [-0.1, -0.05) is 0 Å². The second-order valence-electron chi connectivity index (χ2n) is 2.51. The molecular weight excluding hydrogens is 262 g/mol. The molecule has 0 radical (unpaired) electrons. The van der Waals surface area contributed by atoms with Gasteiger partial charge in [0.15, 0.2) is 11.7 Å². The highest BCUT2D eigenvalue weighted by molar-refractivity contribution is 5.11. The van der Waals surface area contributed by atoms with Crippen LogP contribution in [0, 0.1) is 5.92 Å². The van der Waals surface area contributed by atoms with Crippen LogP contribution in [0.25, 0.3) is 0 Å². The number of rotatable bonds is 2. The number of hydrogen-bond donors (Lipinski definition) is 0. The monoisotopic (exact) mass is 264 g/mol. The molecule has 16 heavy (non-hydrogen) atoms. The molecule has 0 aliphatic carbocycles. The summed E-state index contributed by atoms with van der Waals surface area (Å²) in [6, 6.07) is 0. The van der Waals surface area contributed by atoms with Crippen molar-refractivity contribution < 1.29 is 43.9 Å². The van der Waals surface area contributed by atoms with Crippen LogP contribution < -0.4 is 0 Å². The smallest absolute Gasteiger partial charge is 0.209 e. The van der Waals surface area contributed by atoms with Crippen LogP contribution in [0.2, 0.25) is 0 Å². The fraction of sp³-hybridized carbons (Fsp3) is 0.667. The van der Waals surface area contributed by atoms with Gasteiger partial charge in [0.1, 0.15) is 0 Å². The molecule has 0 bridgehead atoms. The highest BCUT2D eigenvalue weighted by Crippen LogP contribution is 2.42. The third kappa shape index (κ3) is 3.56. The van der Waals surface area contributed by atoms with Gasteiger partial charge < -0.3 is 0 Å². The SMILES string of the molecule is FC(=C(F)C(F)(F)F)C(C(F)F)C(F)(F)F. The van der Waals surface area contributed by atoms with E-state index >= 15 is 0 Å². The maximum Gasteiger partial charge on any atom is 0.445 e. The van der Waals surface area contributed by atoms with Gasteiger partial charge in [0.05, 0.1) is 0 Å². The molecule has 96 valence electrons. The Morgan fingerprint density at radius 3 is 1.38 bits per heavy atom. The molecule has 0 saturated carbocycles. The first-order valence-corrected chi connectivity index (χ1v) is 3.36. The van der Waals surface area contributed by atoms with E-state index in [1.807, 2.05) is 0 Å². The van der Waals surface area contributed by atoms with Crippen molar-refractivity contribution in [3.05, 3.63) is 11.7 Å².